The smallest absolute Gasteiger partial charge is 0.336 e. The Hall–Kier alpha value is -3.26. The number of hydrogen-bond acceptors (Lipinski definition) is 10. The monoisotopic (exact) mass is 438 g/mol. The second-order valence-corrected chi connectivity index (χ2v) is 6.48. The zero-order valence-electron chi connectivity index (χ0n) is 15.8. The molecule has 0 saturated heterocycles. The summed E-state index contributed by atoms with van der Waals surface area (Å²) in [7, 11) is 0. The second-order valence-electron chi connectivity index (χ2n) is 6.48. The molecule has 30 heavy (non-hydrogen) atoms. The molecule has 14 heteroatoms. The van der Waals surface area contributed by atoms with Gasteiger partial charge in [-0.1, -0.05) is 0 Å². The van der Waals surface area contributed by atoms with Crippen molar-refractivity contribution in [3.05, 3.63) is 0 Å². The highest BCUT2D eigenvalue weighted by Gasteiger charge is 2.42. The number of carbonyl (C=O) groups is 6. The lowest BCUT2D eigenvalue weighted by atomic mass is 9.96. The minimum Gasteiger partial charge on any atom is -0.481 e. The quantitative estimate of drug-likeness (QED) is 0.164. The largest absolute Gasteiger partial charge is 0.481 e. The average molecular weight is 438 g/mol. The molecule has 0 aromatic rings. The summed E-state index contributed by atoms with van der Waals surface area (Å²) in [6.07, 6.45) is -5.93. The van der Waals surface area contributed by atoms with Gasteiger partial charge in [0.25, 0.3) is 0 Å². The van der Waals surface area contributed by atoms with Gasteiger partial charge in [-0.05, 0) is 6.92 Å². The van der Waals surface area contributed by atoms with Gasteiger partial charge >= 0.3 is 35.8 Å². The fourth-order valence-corrected chi connectivity index (χ4v) is 2.12. The summed E-state index contributed by atoms with van der Waals surface area (Å²) < 4.78 is 9.43. The lowest BCUT2D eigenvalue weighted by molar-refractivity contribution is -0.174. The molecule has 0 radical (unpaired) electrons. The zero-order chi connectivity index (χ0) is 23.7. The zero-order valence-corrected chi connectivity index (χ0v) is 15.8. The number of aliphatic carboxylic acids is 4. The Labute approximate surface area is 168 Å². The van der Waals surface area contributed by atoms with Crippen molar-refractivity contribution >= 4 is 35.8 Å². The van der Waals surface area contributed by atoms with Crippen molar-refractivity contribution in [1.29, 1.82) is 0 Å². The van der Waals surface area contributed by atoms with Gasteiger partial charge < -0.3 is 40.1 Å². The fourth-order valence-electron chi connectivity index (χ4n) is 2.12. The van der Waals surface area contributed by atoms with Gasteiger partial charge in [-0.15, -0.1) is 0 Å². The maximum atomic E-state index is 11.7. The normalized spacial score (nSPS) is 15.7. The van der Waals surface area contributed by atoms with Crippen LogP contribution in [0.15, 0.2) is 0 Å². The van der Waals surface area contributed by atoms with Crippen molar-refractivity contribution in [2.45, 2.75) is 56.3 Å². The molecule has 14 nitrogen and oxygen atoms in total. The van der Waals surface area contributed by atoms with E-state index in [4.69, 9.17) is 25.2 Å². The number of rotatable bonds is 14. The van der Waals surface area contributed by atoms with E-state index in [0.29, 0.717) is 0 Å². The first-order valence-corrected chi connectivity index (χ1v) is 8.31. The van der Waals surface area contributed by atoms with Gasteiger partial charge in [0.2, 0.25) is 0 Å². The molecule has 0 aliphatic rings. The molecule has 0 aliphatic carbocycles. The van der Waals surface area contributed by atoms with Crippen LogP contribution in [0.4, 0.5) is 0 Å². The Balaban J connectivity index is 4.59. The number of carbonyl (C=O) groups excluding carboxylic acids is 2. The third kappa shape index (κ3) is 9.29. The number of carboxylic acid groups (broad SMARTS) is 4. The summed E-state index contributed by atoms with van der Waals surface area (Å²) in [5, 5.41) is 54.4. The number of ether oxygens (including phenoxy) is 2. The van der Waals surface area contributed by atoms with Crippen LogP contribution in [-0.2, 0) is 38.2 Å². The van der Waals surface area contributed by atoms with E-state index in [1.54, 1.807) is 0 Å². The van der Waals surface area contributed by atoms with Gasteiger partial charge in [0.15, 0.2) is 11.2 Å². The molecule has 0 aliphatic heterocycles. The molecular formula is C16H22O14. The molecule has 0 saturated carbocycles. The van der Waals surface area contributed by atoms with Gasteiger partial charge in [-0.2, -0.15) is 0 Å². The van der Waals surface area contributed by atoms with Crippen LogP contribution in [0.3, 0.4) is 0 Å². The number of carboxylic acids is 4. The first kappa shape index (κ1) is 26.7. The standard InChI is InChI=1S/C16H22O14/c1-8(30-12(22)7-16(28,14(25)26)5-10(19)20)2-3-29-11(21)6-15(27,13(23)24)4-9(17)18/h8,27-28H,2-7H2,1H3,(H,17,18)(H,19,20)(H,23,24)(H,25,26). The predicted molar refractivity (Wildman–Crippen MR) is 90.0 cm³/mol. The number of esters is 2. The van der Waals surface area contributed by atoms with E-state index < -0.39 is 85.4 Å². The van der Waals surface area contributed by atoms with E-state index in [0.717, 1.165) is 0 Å². The molecule has 3 unspecified atom stereocenters. The SMILES string of the molecule is CC(CCOC(=O)CC(O)(CC(=O)O)C(=O)O)OC(=O)CC(O)(CC(=O)O)C(=O)O. The Morgan fingerprint density at radius 2 is 1.13 bits per heavy atom. The highest BCUT2D eigenvalue weighted by Crippen LogP contribution is 2.19. The lowest BCUT2D eigenvalue weighted by Gasteiger charge is -2.22. The molecule has 0 aromatic carbocycles. The van der Waals surface area contributed by atoms with Crippen molar-refractivity contribution in [2.24, 2.45) is 0 Å². The molecule has 0 spiro atoms. The van der Waals surface area contributed by atoms with Crippen LogP contribution in [0.2, 0.25) is 0 Å². The number of hydrogen-bond donors (Lipinski definition) is 6. The van der Waals surface area contributed by atoms with Crippen LogP contribution in [0, 0.1) is 0 Å². The minimum absolute atomic E-state index is 0.160. The van der Waals surface area contributed by atoms with E-state index in [2.05, 4.69) is 4.74 Å². The molecule has 0 heterocycles. The van der Waals surface area contributed by atoms with Crippen LogP contribution in [-0.4, -0.2) is 90.4 Å². The summed E-state index contributed by atoms with van der Waals surface area (Å²) in [4.78, 5) is 66.5. The molecule has 0 bridgehead atoms. The van der Waals surface area contributed by atoms with E-state index in [1.165, 1.54) is 6.92 Å². The van der Waals surface area contributed by atoms with E-state index in [-0.39, 0.29) is 6.42 Å². The molecule has 6 N–H and O–H groups in total. The summed E-state index contributed by atoms with van der Waals surface area (Å²) in [5.74, 6) is -9.65. The first-order valence-electron chi connectivity index (χ1n) is 8.31. The Morgan fingerprint density at radius 3 is 1.50 bits per heavy atom. The highest BCUT2D eigenvalue weighted by atomic mass is 16.6. The van der Waals surface area contributed by atoms with Crippen molar-refractivity contribution in [1.82, 2.24) is 0 Å². The lowest BCUT2D eigenvalue weighted by Crippen LogP contribution is -2.43. The molecular weight excluding hydrogens is 416 g/mol. The van der Waals surface area contributed by atoms with Gasteiger partial charge in [0.05, 0.1) is 32.3 Å². The van der Waals surface area contributed by atoms with Crippen molar-refractivity contribution in [3.8, 4) is 0 Å². The summed E-state index contributed by atoms with van der Waals surface area (Å²) in [6.45, 7) is 0.870. The first-order chi connectivity index (χ1) is 13.6. The summed E-state index contributed by atoms with van der Waals surface area (Å²) >= 11 is 0. The Morgan fingerprint density at radius 1 is 0.733 bits per heavy atom. The van der Waals surface area contributed by atoms with Gasteiger partial charge in [-0.25, -0.2) is 9.59 Å². The number of aliphatic hydroxyl groups is 2. The predicted octanol–water partition coefficient (Wildman–Crippen LogP) is -1.79. The van der Waals surface area contributed by atoms with E-state index in [1.807, 2.05) is 0 Å². The maximum absolute atomic E-state index is 11.7. The Bertz CT molecular complexity index is 700. The topological polar surface area (TPSA) is 242 Å². The third-order valence-corrected chi connectivity index (χ3v) is 3.68. The highest BCUT2D eigenvalue weighted by molar-refractivity contribution is 5.89. The summed E-state index contributed by atoms with van der Waals surface area (Å²) in [6, 6.07) is 0. The molecule has 0 fully saturated rings. The van der Waals surface area contributed by atoms with Crippen molar-refractivity contribution in [3.63, 3.8) is 0 Å². The molecule has 170 valence electrons. The van der Waals surface area contributed by atoms with Crippen LogP contribution in [0.1, 0.15) is 39.0 Å². The van der Waals surface area contributed by atoms with Crippen molar-refractivity contribution < 1.29 is 68.9 Å². The average Bonchev–Trinajstić information content (AvgIpc) is 2.52. The van der Waals surface area contributed by atoms with E-state index in [9.17, 15) is 39.0 Å². The minimum atomic E-state index is -2.87. The van der Waals surface area contributed by atoms with Gasteiger partial charge in [0.1, 0.15) is 6.10 Å². The van der Waals surface area contributed by atoms with Crippen LogP contribution >= 0.6 is 0 Å². The third-order valence-electron chi connectivity index (χ3n) is 3.68. The van der Waals surface area contributed by atoms with E-state index >= 15 is 0 Å². The van der Waals surface area contributed by atoms with Crippen LogP contribution < -0.4 is 0 Å². The van der Waals surface area contributed by atoms with Gasteiger partial charge in [0, 0.05) is 6.42 Å². The second kappa shape index (κ2) is 11.1. The fraction of sp³-hybridized carbons (Fsp3) is 0.625. The summed E-state index contributed by atoms with van der Waals surface area (Å²) in [5.41, 5.74) is -5.74. The molecule has 0 rings (SSSR count). The van der Waals surface area contributed by atoms with Gasteiger partial charge in [-0.3, -0.25) is 19.2 Å². The van der Waals surface area contributed by atoms with Crippen LogP contribution in [0.25, 0.3) is 0 Å². The Kier molecular flexibility index (Phi) is 9.86. The maximum Gasteiger partial charge on any atom is 0.336 e. The van der Waals surface area contributed by atoms with Crippen molar-refractivity contribution in [2.75, 3.05) is 6.61 Å². The van der Waals surface area contributed by atoms with Crippen LogP contribution in [0.5, 0.6) is 0 Å². The molecule has 0 amide bonds. The molecule has 0 aromatic heterocycles. The molecule has 3 atom stereocenters.